The van der Waals surface area contributed by atoms with Crippen molar-refractivity contribution < 1.29 is 19.4 Å². The van der Waals surface area contributed by atoms with E-state index in [1.165, 1.54) is 0 Å². The first-order valence-corrected chi connectivity index (χ1v) is 8.28. The van der Waals surface area contributed by atoms with Crippen molar-refractivity contribution in [1.82, 2.24) is 5.32 Å². The van der Waals surface area contributed by atoms with Crippen LogP contribution in [0.15, 0.2) is 48.5 Å². The molecule has 0 aromatic heterocycles. The zero-order chi connectivity index (χ0) is 18.1. The van der Waals surface area contributed by atoms with Gasteiger partial charge in [-0.25, -0.2) is 0 Å². The number of carbonyl (C=O) groups is 1. The molecule has 0 radical (unpaired) electrons. The summed E-state index contributed by atoms with van der Waals surface area (Å²) in [5, 5.41) is 12.6. The van der Waals surface area contributed by atoms with Gasteiger partial charge in [0.05, 0.1) is 32.8 Å². The summed E-state index contributed by atoms with van der Waals surface area (Å²) < 4.78 is 10.6. The zero-order valence-corrected chi connectivity index (χ0v) is 14.7. The minimum Gasteiger partial charge on any atom is -0.497 e. The van der Waals surface area contributed by atoms with Gasteiger partial charge < -0.3 is 19.9 Å². The van der Waals surface area contributed by atoms with E-state index < -0.39 is 6.10 Å². The quantitative estimate of drug-likeness (QED) is 0.733. The topological polar surface area (TPSA) is 67.8 Å². The molecule has 0 saturated carbocycles. The Labute approximate surface area is 148 Å². The van der Waals surface area contributed by atoms with E-state index in [1.54, 1.807) is 7.11 Å². The van der Waals surface area contributed by atoms with Gasteiger partial charge in [0.1, 0.15) is 5.75 Å². The Balaban J connectivity index is 1.63. The van der Waals surface area contributed by atoms with Crippen LogP contribution in [0.2, 0.25) is 0 Å². The predicted octanol–water partition coefficient (Wildman–Crippen LogP) is 2.24. The molecule has 2 aromatic rings. The second kappa shape index (κ2) is 9.81. The summed E-state index contributed by atoms with van der Waals surface area (Å²) in [4.78, 5) is 11.9. The maximum absolute atomic E-state index is 11.9. The van der Waals surface area contributed by atoms with E-state index in [4.69, 9.17) is 9.47 Å². The molecule has 0 saturated heterocycles. The molecule has 5 nitrogen and oxygen atoms in total. The number of hydrogen-bond donors (Lipinski definition) is 2. The number of methoxy groups -OCH3 is 1. The molecular formula is C20H25NO4. The third kappa shape index (κ3) is 6.95. The molecule has 0 aliphatic rings. The maximum atomic E-state index is 11.9. The first kappa shape index (κ1) is 19.0. The van der Waals surface area contributed by atoms with Gasteiger partial charge in [-0.05, 0) is 30.2 Å². The van der Waals surface area contributed by atoms with Crippen LogP contribution in [0.1, 0.15) is 16.7 Å². The van der Waals surface area contributed by atoms with Crippen LogP contribution in [0.4, 0.5) is 0 Å². The summed E-state index contributed by atoms with van der Waals surface area (Å²) in [6.45, 7) is 2.74. The Hall–Kier alpha value is -2.37. The number of aliphatic hydroxyl groups excluding tert-OH is 1. The lowest BCUT2D eigenvalue weighted by Gasteiger charge is -2.13. The number of rotatable bonds is 9. The van der Waals surface area contributed by atoms with E-state index in [9.17, 15) is 9.90 Å². The van der Waals surface area contributed by atoms with Crippen LogP contribution >= 0.6 is 0 Å². The van der Waals surface area contributed by atoms with E-state index in [0.717, 1.165) is 22.4 Å². The number of aliphatic hydroxyl groups is 1. The van der Waals surface area contributed by atoms with Crippen LogP contribution in [-0.4, -0.2) is 37.4 Å². The molecule has 0 spiro atoms. The highest BCUT2D eigenvalue weighted by atomic mass is 16.5. The highest BCUT2D eigenvalue weighted by Gasteiger charge is 2.08. The lowest BCUT2D eigenvalue weighted by Crippen LogP contribution is -2.35. The van der Waals surface area contributed by atoms with Gasteiger partial charge in [0.15, 0.2) is 0 Å². The largest absolute Gasteiger partial charge is 0.497 e. The van der Waals surface area contributed by atoms with Gasteiger partial charge in [0.2, 0.25) is 5.91 Å². The van der Waals surface area contributed by atoms with Crippen molar-refractivity contribution in [3.63, 3.8) is 0 Å². The fourth-order valence-electron chi connectivity index (χ4n) is 2.28. The molecule has 5 heteroatoms. The molecule has 1 atom stereocenters. The highest BCUT2D eigenvalue weighted by Crippen LogP contribution is 2.12. The Morgan fingerprint density at radius 3 is 2.36 bits per heavy atom. The lowest BCUT2D eigenvalue weighted by molar-refractivity contribution is -0.121. The van der Waals surface area contributed by atoms with Crippen molar-refractivity contribution in [1.29, 1.82) is 0 Å². The standard InChI is InChI=1S/C20H25NO4/c1-15-3-5-16(6-4-15)11-20(23)21-12-18(22)14-25-13-17-7-9-19(24-2)10-8-17/h3-10,18,22H,11-14H2,1-2H3,(H,21,23). The van der Waals surface area contributed by atoms with E-state index in [1.807, 2.05) is 55.5 Å². The van der Waals surface area contributed by atoms with Gasteiger partial charge in [-0.3, -0.25) is 4.79 Å². The molecule has 1 amide bonds. The minimum absolute atomic E-state index is 0.113. The van der Waals surface area contributed by atoms with E-state index >= 15 is 0 Å². The van der Waals surface area contributed by atoms with Gasteiger partial charge >= 0.3 is 0 Å². The summed E-state index contributed by atoms with van der Waals surface area (Å²) in [5.41, 5.74) is 3.11. The SMILES string of the molecule is COc1ccc(COCC(O)CNC(=O)Cc2ccc(C)cc2)cc1. The monoisotopic (exact) mass is 343 g/mol. The number of benzene rings is 2. The van der Waals surface area contributed by atoms with Crippen molar-refractivity contribution in [3.05, 3.63) is 65.2 Å². The van der Waals surface area contributed by atoms with Crippen molar-refractivity contribution in [2.24, 2.45) is 0 Å². The average molecular weight is 343 g/mol. The van der Waals surface area contributed by atoms with Crippen LogP contribution < -0.4 is 10.1 Å². The molecule has 134 valence electrons. The van der Waals surface area contributed by atoms with Gasteiger partial charge in [-0.2, -0.15) is 0 Å². The summed E-state index contributed by atoms with van der Waals surface area (Å²) in [5.74, 6) is 0.679. The summed E-state index contributed by atoms with van der Waals surface area (Å²) in [7, 11) is 1.62. The molecule has 0 aliphatic carbocycles. The molecule has 2 rings (SSSR count). The summed E-state index contributed by atoms with van der Waals surface area (Å²) >= 11 is 0. The number of amides is 1. The Morgan fingerprint density at radius 2 is 1.72 bits per heavy atom. The summed E-state index contributed by atoms with van der Waals surface area (Å²) in [6.07, 6.45) is -0.431. The Bertz CT molecular complexity index is 652. The predicted molar refractivity (Wildman–Crippen MR) is 96.5 cm³/mol. The minimum atomic E-state index is -0.736. The third-order valence-electron chi connectivity index (χ3n) is 3.76. The first-order chi connectivity index (χ1) is 12.1. The smallest absolute Gasteiger partial charge is 0.224 e. The van der Waals surface area contributed by atoms with Crippen molar-refractivity contribution >= 4 is 5.91 Å². The molecular weight excluding hydrogens is 318 g/mol. The fourth-order valence-corrected chi connectivity index (χ4v) is 2.28. The molecule has 0 heterocycles. The van der Waals surface area contributed by atoms with Crippen molar-refractivity contribution in [3.8, 4) is 5.75 Å². The Kier molecular flexibility index (Phi) is 7.44. The second-order valence-corrected chi connectivity index (χ2v) is 5.98. The molecule has 0 aliphatic heterocycles. The number of aryl methyl sites for hydroxylation is 1. The van der Waals surface area contributed by atoms with Crippen molar-refractivity contribution in [2.75, 3.05) is 20.3 Å². The van der Waals surface area contributed by atoms with Crippen LogP contribution in [0, 0.1) is 6.92 Å². The van der Waals surface area contributed by atoms with E-state index in [0.29, 0.717) is 13.0 Å². The van der Waals surface area contributed by atoms with Crippen LogP contribution in [0.3, 0.4) is 0 Å². The number of hydrogen-bond acceptors (Lipinski definition) is 4. The van der Waals surface area contributed by atoms with Crippen LogP contribution in [-0.2, 0) is 22.6 Å². The average Bonchev–Trinajstić information content (AvgIpc) is 2.62. The van der Waals surface area contributed by atoms with Gasteiger partial charge in [0, 0.05) is 6.54 Å². The maximum Gasteiger partial charge on any atom is 0.224 e. The summed E-state index contributed by atoms with van der Waals surface area (Å²) in [6, 6.07) is 15.4. The normalized spacial score (nSPS) is 11.8. The van der Waals surface area contributed by atoms with E-state index in [-0.39, 0.29) is 19.1 Å². The molecule has 2 N–H and O–H groups in total. The zero-order valence-electron chi connectivity index (χ0n) is 14.7. The first-order valence-electron chi connectivity index (χ1n) is 8.28. The highest BCUT2D eigenvalue weighted by molar-refractivity contribution is 5.78. The van der Waals surface area contributed by atoms with Crippen LogP contribution in [0.5, 0.6) is 5.75 Å². The lowest BCUT2D eigenvalue weighted by atomic mass is 10.1. The molecule has 0 fully saturated rings. The third-order valence-corrected chi connectivity index (χ3v) is 3.76. The number of carbonyl (C=O) groups excluding carboxylic acids is 1. The van der Waals surface area contributed by atoms with E-state index in [2.05, 4.69) is 5.32 Å². The number of ether oxygens (including phenoxy) is 2. The fraction of sp³-hybridized carbons (Fsp3) is 0.350. The van der Waals surface area contributed by atoms with Gasteiger partial charge in [-0.15, -0.1) is 0 Å². The second-order valence-electron chi connectivity index (χ2n) is 5.98. The Morgan fingerprint density at radius 1 is 1.08 bits per heavy atom. The number of nitrogens with one attached hydrogen (secondary N) is 1. The molecule has 0 bridgehead atoms. The molecule has 1 unspecified atom stereocenters. The molecule has 2 aromatic carbocycles. The van der Waals surface area contributed by atoms with Gasteiger partial charge in [0.25, 0.3) is 0 Å². The van der Waals surface area contributed by atoms with Crippen LogP contribution in [0.25, 0.3) is 0 Å². The van der Waals surface area contributed by atoms with Crippen molar-refractivity contribution in [2.45, 2.75) is 26.1 Å². The van der Waals surface area contributed by atoms with Gasteiger partial charge in [-0.1, -0.05) is 42.0 Å². The molecule has 25 heavy (non-hydrogen) atoms.